The van der Waals surface area contributed by atoms with E-state index in [2.05, 4.69) is 6.92 Å². The summed E-state index contributed by atoms with van der Waals surface area (Å²) < 4.78 is 67.6. The lowest BCUT2D eigenvalue weighted by atomic mass is 9.64. The van der Waals surface area contributed by atoms with Crippen LogP contribution in [0.4, 0.5) is 17.6 Å². The van der Waals surface area contributed by atoms with Crippen LogP contribution in [0.2, 0.25) is 0 Å². The third kappa shape index (κ3) is 7.81. The standard InChI is InChI=1S/C32H48F4O2/c1-3-5-22-6-10-24(11-7-22)26-14-16-27(17-15-26)25-12-8-23(9-13-25)20-32(35,36)21-38-29-19-18-28(37-4-2)30(33)31(29)34/h18-19,22-27H,3-17,20-21H2,1-2H3. The molecule has 1 aromatic rings. The zero-order valence-electron chi connectivity index (χ0n) is 23.5. The molecule has 0 N–H and O–H groups in total. The number of ether oxygens (including phenoxy) is 2. The second-order valence-corrected chi connectivity index (χ2v) is 12.5. The molecule has 0 aromatic heterocycles. The van der Waals surface area contributed by atoms with Gasteiger partial charge in [0.05, 0.1) is 6.61 Å². The summed E-state index contributed by atoms with van der Waals surface area (Å²) in [5.41, 5.74) is 0. The molecule has 0 heterocycles. The Morgan fingerprint density at radius 1 is 0.658 bits per heavy atom. The summed E-state index contributed by atoms with van der Waals surface area (Å²) >= 11 is 0. The predicted octanol–water partition coefficient (Wildman–Crippen LogP) is 9.99. The first kappa shape index (κ1) is 29.5. The smallest absolute Gasteiger partial charge is 0.281 e. The number of alkyl halides is 2. The van der Waals surface area contributed by atoms with Crippen LogP contribution in [-0.2, 0) is 0 Å². The molecule has 0 atom stereocenters. The summed E-state index contributed by atoms with van der Waals surface area (Å²) in [7, 11) is 0. The van der Waals surface area contributed by atoms with E-state index >= 15 is 0 Å². The van der Waals surface area contributed by atoms with Crippen LogP contribution in [0.5, 0.6) is 11.5 Å². The molecule has 0 amide bonds. The molecular weight excluding hydrogens is 492 g/mol. The van der Waals surface area contributed by atoms with Crippen LogP contribution in [0.15, 0.2) is 12.1 Å². The fraction of sp³-hybridized carbons (Fsp3) is 0.812. The monoisotopic (exact) mass is 540 g/mol. The normalized spacial score (nSPS) is 30.7. The van der Waals surface area contributed by atoms with Crippen molar-refractivity contribution in [2.75, 3.05) is 13.2 Å². The fourth-order valence-electron chi connectivity index (χ4n) is 7.87. The number of benzene rings is 1. The van der Waals surface area contributed by atoms with Gasteiger partial charge in [-0.05, 0) is 119 Å². The third-order valence-electron chi connectivity index (χ3n) is 9.97. The second kappa shape index (κ2) is 13.7. The maximum absolute atomic E-state index is 14.7. The van der Waals surface area contributed by atoms with Gasteiger partial charge in [0.1, 0.15) is 0 Å². The van der Waals surface area contributed by atoms with Crippen molar-refractivity contribution in [1.82, 2.24) is 0 Å². The summed E-state index contributed by atoms with van der Waals surface area (Å²) in [6.45, 7) is 3.19. The molecule has 6 heteroatoms. The molecule has 38 heavy (non-hydrogen) atoms. The van der Waals surface area contributed by atoms with Gasteiger partial charge in [-0.2, -0.15) is 8.78 Å². The quantitative estimate of drug-likeness (QED) is 0.260. The van der Waals surface area contributed by atoms with Crippen molar-refractivity contribution in [2.24, 2.45) is 35.5 Å². The van der Waals surface area contributed by atoms with E-state index in [4.69, 9.17) is 9.47 Å². The van der Waals surface area contributed by atoms with Crippen LogP contribution >= 0.6 is 0 Å². The highest BCUT2D eigenvalue weighted by Gasteiger charge is 2.38. The number of hydrogen-bond donors (Lipinski definition) is 0. The van der Waals surface area contributed by atoms with Gasteiger partial charge in [0.2, 0.25) is 11.6 Å². The third-order valence-corrected chi connectivity index (χ3v) is 9.97. The van der Waals surface area contributed by atoms with Crippen LogP contribution in [-0.4, -0.2) is 19.1 Å². The molecule has 0 unspecified atom stereocenters. The number of hydrogen-bond acceptors (Lipinski definition) is 2. The van der Waals surface area contributed by atoms with Crippen molar-refractivity contribution in [3.8, 4) is 11.5 Å². The molecule has 216 valence electrons. The SMILES string of the molecule is CCCC1CCC(C2CCC(C3CCC(CC(F)(F)COc4ccc(OCC)c(F)c4F)CC3)CC2)CC1. The van der Waals surface area contributed by atoms with Crippen molar-refractivity contribution in [3.63, 3.8) is 0 Å². The molecule has 1 aromatic carbocycles. The van der Waals surface area contributed by atoms with Gasteiger partial charge < -0.3 is 9.47 Å². The van der Waals surface area contributed by atoms with E-state index < -0.39 is 29.9 Å². The lowest BCUT2D eigenvalue weighted by Gasteiger charge is -2.41. The molecule has 2 nitrogen and oxygen atoms in total. The Kier molecular flexibility index (Phi) is 10.7. The summed E-state index contributed by atoms with van der Waals surface area (Å²) in [4.78, 5) is 0. The topological polar surface area (TPSA) is 18.5 Å². The van der Waals surface area contributed by atoms with E-state index in [-0.39, 0.29) is 24.7 Å². The molecule has 3 aliphatic rings. The minimum absolute atomic E-state index is 0.0404. The molecule has 0 bridgehead atoms. The highest BCUT2D eigenvalue weighted by molar-refractivity contribution is 5.35. The Bertz CT molecular complexity index is 851. The number of rotatable bonds is 11. The lowest BCUT2D eigenvalue weighted by molar-refractivity contribution is -0.0660. The Balaban J connectivity index is 1.16. The summed E-state index contributed by atoms with van der Waals surface area (Å²) in [6.07, 6.45) is 17.3. The van der Waals surface area contributed by atoms with E-state index in [1.807, 2.05) is 0 Å². The first-order valence-electron chi connectivity index (χ1n) is 15.4. The first-order chi connectivity index (χ1) is 18.3. The minimum atomic E-state index is -3.08. The zero-order chi connectivity index (χ0) is 27.1. The zero-order valence-corrected chi connectivity index (χ0v) is 23.5. The molecular formula is C32H48F4O2. The van der Waals surface area contributed by atoms with E-state index in [1.54, 1.807) is 6.92 Å². The van der Waals surface area contributed by atoms with Gasteiger partial charge >= 0.3 is 0 Å². The Hall–Kier alpha value is -1.46. The molecule has 4 rings (SSSR count). The number of halogens is 4. The van der Waals surface area contributed by atoms with Crippen LogP contribution in [0.1, 0.15) is 110 Å². The molecule has 3 aliphatic carbocycles. The maximum atomic E-state index is 14.7. The molecule has 0 aliphatic heterocycles. The maximum Gasteiger partial charge on any atom is 0.281 e. The summed E-state index contributed by atoms with van der Waals surface area (Å²) in [6, 6.07) is 2.36. The van der Waals surface area contributed by atoms with Crippen LogP contribution in [0.3, 0.4) is 0 Å². The Morgan fingerprint density at radius 3 is 1.53 bits per heavy atom. The fourth-order valence-corrected chi connectivity index (χ4v) is 7.87. The Labute approximate surface area is 227 Å². The molecule has 3 saturated carbocycles. The van der Waals surface area contributed by atoms with E-state index in [0.29, 0.717) is 5.92 Å². The van der Waals surface area contributed by atoms with Gasteiger partial charge in [-0.25, -0.2) is 8.78 Å². The summed E-state index contributed by atoms with van der Waals surface area (Å²) in [5, 5.41) is 0. The van der Waals surface area contributed by atoms with Crippen LogP contribution in [0, 0.1) is 47.1 Å². The highest BCUT2D eigenvalue weighted by Crippen LogP contribution is 2.47. The molecule has 0 spiro atoms. The van der Waals surface area contributed by atoms with Gasteiger partial charge in [0, 0.05) is 6.42 Å². The molecule has 0 saturated heterocycles. The van der Waals surface area contributed by atoms with Crippen LogP contribution in [0.25, 0.3) is 0 Å². The first-order valence-corrected chi connectivity index (χ1v) is 15.4. The van der Waals surface area contributed by atoms with E-state index in [0.717, 1.165) is 55.4 Å². The largest absolute Gasteiger partial charge is 0.491 e. The predicted molar refractivity (Wildman–Crippen MR) is 144 cm³/mol. The summed E-state index contributed by atoms with van der Waals surface area (Å²) in [5.74, 6) is -2.08. The van der Waals surface area contributed by atoms with Crippen molar-refractivity contribution in [1.29, 1.82) is 0 Å². The van der Waals surface area contributed by atoms with Crippen molar-refractivity contribution in [3.05, 3.63) is 23.8 Å². The van der Waals surface area contributed by atoms with Gasteiger partial charge in [-0.1, -0.05) is 32.6 Å². The van der Waals surface area contributed by atoms with Gasteiger partial charge in [0.15, 0.2) is 18.1 Å². The molecule has 0 radical (unpaired) electrons. The van der Waals surface area contributed by atoms with Gasteiger partial charge in [0.25, 0.3) is 5.92 Å². The average molecular weight is 541 g/mol. The van der Waals surface area contributed by atoms with Gasteiger partial charge in [-0.3, -0.25) is 0 Å². The second-order valence-electron chi connectivity index (χ2n) is 12.5. The van der Waals surface area contributed by atoms with Crippen LogP contribution < -0.4 is 9.47 Å². The van der Waals surface area contributed by atoms with E-state index in [1.165, 1.54) is 70.3 Å². The minimum Gasteiger partial charge on any atom is -0.491 e. The Morgan fingerprint density at radius 2 is 1.08 bits per heavy atom. The highest BCUT2D eigenvalue weighted by atomic mass is 19.3. The average Bonchev–Trinajstić information content (AvgIpc) is 2.92. The van der Waals surface area contributed by atoms with Crippen molar-refractivity contribution < 1.29 is 27.0 Å². The van der Waals surface area contributed by atoms with Crippen molar-refractivity contribution >= 4 is 0 Å². The molecule has 3 fully saturated rings. The van der Waals surface area contributed by atoms with Gasteiger partial charge in [-0.15, -0.1) is 0 Å². The lowest BCUT2D eigenvalue weighted by Crippen LogP contribution is -2.32. The van der Waals surface area contributed by atoms with Crippen molar-refractivity contribution in [2.45, 2.75) is 116 Å². The van der Waals surface area contributed by atoms with E-state index in [9.17, 15) is 17.6 Å².